The van der Waals surface area contributed by atoms with Crippen LogP contribution in [-0.2, 0) is 25.4 Å². The van der Waals surface area contributed by atoms with Crippen molar-refractivity contribution in [1.82, 2.24) is 0 Å². The van der Waals surface area contributed by atoms with E-state index in [9.17, 15) is 9.59 Å². The average Bonchev–Trinajstić information content (AvgIpc) is 2.30. The molecule has 0 saturated carbocycles. The van der Waals surface area contributed by atoms with Gasteiger partial charge in [0.25, 0.3) is 0 Å². The number of hydrogen-bond acceptors (Lipinski definition) is 5. The Morgan fingerprint density at radius 3 is 2.41 bits per heavy atom. The summed E-state index contributed by atoms with van der Waals surface area (Å²) in [6.45, 7) is 1.45. The fourth-order valence-corrected chi connectivity index (χ4v) is 1.12. The van der Waals surface area contributed by atoms with Gasteiger partial charge in [0.2, 0.25) is 6.79 Å². The van der Waals surface area contributed by atoms with Crippen LogP contribution in [0.1, 0.15) is 12.5 Å². The molecule has 92 valence electrons. The fourth-order valence-electron chi connectivity index (χ4n) is 1.12. The number of hydrogen-bond donors (Lipinski definition) is 0. The third kappa shape index (κ3) is 5.55. The van der Waals surface area contributed by atoms with E-state index < -0.39 is 18.9 Å². The highest BCUT2D eigenvalue weighted by molar-refractivity contribution is 5.72. The zero-order chi connectivity index (χ0) is 12.5. The number of rotatable bonds is 5. The van der Waals surface area contributed by atoms with Gasteiger partial charge in [0.15, 0.2) is 0 Å². The minimum Gasteiger partial charge on any atom is -0.435 e. The molecular formula is C12H14O5. The van der Waals surface area contributed by atoms with E-state index in [4.69, 9.17) is 4.74 Å². The number of carbonyl (C=O) groups excluding carboxylic acids is 2. The van der Waals surface area contributed by atoms with E-state index in [2.05, 4.69) is 9.47 Å². The maximum Gasteiger partial charge on any atom is 0.511 e. The first kappa shape index (κ1) is 13.0. The van der Waals surface area contributed by atoms with Crippen LogP contribution in [0.25, 0.3) is 0 Å². The Morgan fingerprint density at radius 1 is 1.06 bits per heavy atom. The van der Waals surface area contributed by atoms with Gasteiger partial charge in [0, 0.05) is 0 Å². The molecule has 0 N–H and O–H groups in total. The highest BCUT2D eigenvalue weighted by Crippen LogP contribution is 2.00. The summed E-state index contributed by atoms with van der Waals surface area (Å²) >= 11 is 0. The lowest BCUT2D eigenvalue weighted by Gasteiger charge is -2.05. The van der Waals surface area contributed by atoms with Crippen LogP contribution in [-0.4, -0.2) is 25.5 Å². The van der Waals surface area contributed by atoms with Crippen molar-refractivity contribution < 1.29 is 23.8 Å². The second kappa shape index (κ2) is 7.27. The third-order valence-corrected chi connectivity index (χ3v) is 1.85. The van der Waals surface area contributed by atoms with Gasteiger partial charge in [0.05, 0.1) is 13.0 Å². The van der Waals surface area contributed by atoms with E-state index >= 15 is 0 Å². The molecule has 0 heterocycles. The maximum atomic E-state index is 11.3. The molecule has 5 heteroatoms. The normalized spacial score (nSPS) is 9.47. The maximum absolute atomic E-state index is 11.3. The van der Waals surface area contributed by atoms with Gasteiger partial charge in [-0.2, -0.15) is 0 Å². The Morgan fingerprint density at radius 2 is 1.76 bits per heavy atom. The van der Waals surface area contributed by atoms with Crippen LogP contribution in [0.3, 0.4) is 0 Å². The zero-order valence-electron chi connectivity index (χ0n) is 9.55. The van der Waals surface area contributed by atoms with Crippen molar-refractivity contribution in [3.05, 3.63) is 35.9 Å². The fraction of sp³-hybridized carbons (Fsp3) is 0.333. The Balaban J connectivity index is 2.20. The van der Waals surface area contributed by atoms with Crippen molar-refractivity contribution in [2.75, 3.05) is 13.4 Å². The minimum absolute atomic E-state index is 0.146. The molecule has 0 aliphatic carbocycles. The molecule has 5 nitrogen and oxygen atoms in total. The largest absolute Gasteiger partial charge is 0.511 e. The minimum atomic E-state index is -0.847. The molecule has 1 rings (SSSR count). The highest BCUT2D eigenvalue weighted by atomic mass is 16.8. The van der Waals surface area contributed by atoms with Crippen LogP contribution in [0.5, 0.6) is 0 Å². The van der Waals surface area contributed by atoms with E-state index in [1.54, 1.807) is 6.92 Å². The second-order valence-corrected chi connectivity index (χ2v) is 3.12. The van der Waals surface area contributed by atoms with E-state index in [0.717, 1.165) is 5.56 Å². The zero-order valence-corrected chi connectivity index (χ0v) is 9.55. The van der Waals surface area contributed by atoms with Crippen LogP contribution in [0.2, 0.25) is 0 Å². The van der Waals surface area contributed by atoms with Gasteiger partial charge >= 0.3 is 12.1 Å². The van der Waals surface area contributed by atoms with Crippen LogP contribution >= 0.6 is 0 Å². The number of carbonyl (C=O) groups is 2. The summed E-state index contributed by atoms with van der Waals surface area (Å²) in [5.41, 5.74) is 0.841. The Hall–Kier alpha value is -2.04. The predicted octanol–water partition coefficient (Wildman–Crippen LogP) is 1.90. The third-order valence-electron chi connectivity index (χ3n) is 1.85. The summed E-state index contributed by atoms with van der Waals surface area (Å²) in [7, 11) is 0. The molecule has 1 aromatic rings. The standard InChI is InChI=1S/C12H14O5/c1-2-15-12(14)17-9-16-11(13)8-10-6-4-3-5-7-10/h3-7H,2,8-9H2,1H3. The quantitative estimate of drug-likeness (QED) is 0.579. The number of benzene rings is 1. The van der Waals surface area contributed by atoms with Crippen molar-refractivity contribution in [2.24, 2.45) is 0 Å². The van der Waals surface area contributed by atoms with Crippen LogP contribution in [0.15, 0.2) is 30.3 Å². The van der Waals surface area contributed by atoms with Crippen molar-refractivity contribution in [3.8, 4) is 0 Å². The molecule has 0 aliphatic heterocycles. The van der Waals surface area contributed by atoms with E-state index in [1.807, 2.05) is 30.3 Å². The summed E-state index contributed by atoms with van der Waals surface area (Å²) in [6.07, 6.45) is -0.701. The molecule has 0 unspecified atom stereocenters. The summed E-state index contributed by atoms with van der Waals surface area (Å²) in [5.74, 6) is -0.458. The van der Waals surface area contributed by atoms with Crippen LogP contribution in [0, 0.1) is 0 Å². The van der Waals surface area contributed by atoms with Gasteiger partial charge in [0.1, 0.15) is 0 Å². The Kier molecular flexibility index (Phi) is 5.57. The van der Waals surface area contributed by atoms with Crippen LogP contribution < -0.4 is 0 Å². The van der Waals surface area contributed by atoms with Gasteiger partial charge in [-0.3, -0.25) is 4.79 Å². The van der Waals surface area contributed by atoms with Crippen molar-refractivity contribution in [3.63, 3.8) is 0 Å². The van der Waals surface area contributed by atoms with Crippen molar-refractivity contribution in [1.29, 1.82) is 0 Å². The molecular weight excluding hydrogens is 224 g/mol. The lowest BCUT2D eigenvalue weighted by Crippen LogP contribution is -2.15. The topological polar surface area (TPSA) is 61.8 Å². The molecule has 0 fully saturated rings. The van der Waals surface area contributed by atoms with Crippen LogP contribution in [0.4, 0.5) is 4.79 Å². The van der Waals surface area contributed by atoms with E-state index in [0.29, 0.717) is 0 Å². The van der Waals surface area contributed by atoms with E-state index in [1.165, 1.54) is 0 Å². The molecule has 0 spiro atoms. The van der Waals surface area contributed by atoms with Crippen molar-refractivity contribution in [2.45, 2.75) is 13.3 Å². The van der Waals surface area contributed by atoms with E-state index in [-0.39, 0.29) is 13.0 Å². The summed E-state index contributed by atoms with van der Waals surface area (Å²) in [4.78, 5) is 22.0. The van der Waals surface area contributed by atoms with Gasteiger partial charge in [-0.25, -0.2) is 4.79 Å². The molecule has 17 heavy (non-hydrogen) atoms. The molecule has 1 aromatic carbocycles. The Bertz CT molecular complexity index is 360. The molecule has 0 saturated heterocycles. The number of ether oxygens (including phenoxy) is 3. The smallest absolute Gasteiger partial charge is 0.435 e. The number of esters is 1. The SMILES string of the molecule is CCOC(=O)OCOC(=O)Cc1ccccc1. The second-order valence-electron chi connectivity index (χ2n) is 3.12. The predicted molar refractivity (Wildman–Crippen MR) is 59.2 cm³/mol. The molecule has 0 amide bonds. The molecule has 0 radical (unpaired) electrons. The van der Waals surface area contributed by atoms with Gasteiger partial charge in [-0.15, -0.1) is 0 Å². The first-order valence-electron chi connectivity index (χ1n) is 5.21. The lowest BCUT2D eigenvalue weighted by atomic mass is 10.2. The first-order valence-corrected chi connectivity index (χ1v) is 5.21. The molecule has 0 bridgehead atoms. The monoisotopic (exact) mass is 238 g/mol. The summed E-state index contributed by atoms with van der Waals surface area (Å²) in [5, 5.41) is 0. The van der Waals surface area contributed by atoms with Gasteiger partial charge < -0.3 is 14.2 Å². The highest BCUT2D eigenvalue weighted by Gasteiger charge is 2.06. The van der Waals surface area contributed by atoms with Crippen molar-refractivity contribution >= 4 is 12.1 Å². The first-order chi connectivity index (χ1) is 8.22. The molecule has 0 aromatic heterocycles. The lowest BCUT2D eigenvalue weighted by molar-refractivity contribution is -0.152. The Labute approximate surface area is 99.3 Å². The van der Waals surface area contributed by atoms with Gasteiger partial charge in [-0.05, 0) is 12.5 Å². The van der Waals surface area contributed by atoms with Gasteiger partial charge in [-0.1, -0.05) is 30.3 Å². The average molecular weight is 238 g/mol. The summed E-state index contributed by atoms with van der Waals surface area (Å²) in [6, 6.07) is 9.15. The molecule has 0 aliphatic rings. The summed E-state index contributed by atoms with van der Waals surface area (Å²) < 4.78 is 13.7. The molecule has 0 atom stereocenters.